The Morgan fingerprint density at radius 2 is 1.30 bits per heavy atom. The summed E-state index contributed by atoms with van der Waals surface area (Å²) in [5.74, 6) is -2.67. The van der Waals surface area contributed by atoms with Crippen molar-refractivity contribution in [1.82, 2.24) is 0 Å². The highest BCUT2D eigenvalue weighted by molar-refractivity contribution is 5.89. The Morgan fingerprint density at radius 1 is 0.727 bits per heavy atom. The Hall–Kier alpha value is -4.06. The van der Waals surface area contributed by atoms with E-state index in [1.165, 1.54) is 38.1 Å². The molecule has 0 amide bonds. The van der Waals surface area contributed by atoms with E-state index in [0.717, 1.165) is 11.6 Å². The number of halogens is 2. The molecule has 3 aromatic carbocycles. The van der Waals surface area contributed by atoms with E-state index >= 15 is 0 Å². The molecule has 0 atom stereocenters. The lowest BCUT2D eigenvalue weighted by atomic mass is 9.95. The van der Waals surface area contributed by atoms with Crippen molar-refractivity contribution in [2.45, 2.75) is 20.8 Å². The zero-order valence-corrected chi connectivity index (χ0v) is 18.5. The number of carbonyl (C=O) groups excluding carboxylic acids is 2. The Morgan fingerprint density at radius 3 is 1.88 bits per heavy atom. The number of rotatable bonds is 6. The van der Waals surface area contributed by atoms with E-state index in [-0.39, 0.29) is 22.6 Å². The molecule has 3 rings (SSSR count). The van der Waals surface area contributed by atoms with Crippen molar-refractivity contribution in [2.24, 2.45) is 0 Å². The lowest BCUT2D eigenvalue weighted by Gasteiger charge is -2.12. The number of hydrogen-bond donors (Lipinski definition) is 0. The minimum absolute atomic E-state index is 0.0847. The van der Waals surface area contributed by atoms with Gasteiger partial charge in [-0.25, -0.2) is 18.4 Å². The predicted molar refractivity (Wildman–Crippen MR) is 123 cm³/mol. The fourth-order valence-corrected chi connectivity index (χ4v) is 3.07. The van der Waals surface area contributed by atoms with Gasteiger partial charge in [0.1, 0.15) is 11.6 Å². The van der Waals surface area contributed by atoms with Gasteiger partial charge in [-0.2, -0.15) is 0 Å². The average Bonchev–Trinajstić information content (AvgIpc) is 2.75. The first-order valence-electron chi connectivity index (χ1n) is 10.0. The van der Waals surface area contributed by atoms with E-state index in [4.69, 9.17) is 9.47 Å². The van der Waals surface area contributed by atoms with Gasteiger partial charge in [-0.3, -0.25) is 0 Å². The summed E-state index contributed by atoms with van der Waals surface area (Å²) in [6, 6.07) is 13.7. The van der Waals surface area contributed by atoms with Crippen LogP contribution in [0.3, 0.4) is 0 Å². The van der Waals surface area contributed by atoms with E-state index in [1.54, 1.807) is 24.3 Å². The standard InChI is InChI=1S/C27H22F2O4/c1-15(2)26(30)32-20-8-10-22(23(28)14-20)21-9-6-18(12-17(21)5)19-7-11-25(24(29)13-19)33-27(31)16(3)4/h6-14H,1,3H2,2,4-5H3. The van der Waals surface area contributed by atoms with Crippen LogP contribution in [0.1, 0.15) is 19.4 Å². The minimum atomic E-state index is -0.704. The molecule has 0 bridgehead atoms. The molecule has 3 aromatic rings. The normalized spacial score (nSPS) is 10.5. The first-order chi connectivity index (χ1) is 15.6. The summed E-state index contributed by atoms with van der Waals surface area (Å²) in [6.07, 6.45) is 0. The molecule has 0 unspecified atom stereocenters. The third-order valence-electron chi connectivity index (χ3n) is 4.83. The fraction of sp³-hybridized carbons (Fsp3) is 0.111. The summed E-state index contributed by atoms with van der Waals surface area (Å²) < 4.78 is 39.2. The summed E-state index contributed by atoms with van der Waals surface area (Å²) in [7, 11) is 0. The molecular weight excluding hydrogens is 426 g/mol. The lowest BCUT2D eigenvalue weighted by molar-refractivity contribution is -0.131. The van der Waals surface area contributed by atoms with Gasteiger partial charge >= 0.3 is 11.9 Å². The van der Waals surface area contributed by atoms with Crippen LogP contribution >= 0.6 is 0 Å². The molecule has 33 heavy (non-hydrogen) atoms. The molecule has 0 saturated heterocycles. The first-order valence-corrected chi connectivity index (χ1v) is 10.0. The van der Waals surface area contributed by atoms with Crippen LogP contribution in [0.4, 0.5) is 8.78 Å². The molecular formula is C27H22F2O4. The highest BCUT2D eigenvalue weighted by atomic mass is 19.1. The van der Waals surface area contributed by atoms with Crippen molar-refractivity contribution in [3.05, 3.63) is 96.1 Å². The lowest BCUT2D eigenvalue weighted by Crippen LogP contribution is -2.09. The van der Waals surface area contributed by atoms with Gasteiger partial charge in [0.2, 0.25) is 0 Å². The summed E-state index contributed by atoms with van der Waals surface area (Å²) in [4.78, 5) is 23.3. The Balaban J connectivity index is 1.87. The molecule has 168 valence electrons. The second-order valence-electron chi connectivity index (χ2n) is 7.66. The second-order valence-corrected chi connectivity index (χ2v) is 7.66. The summed E-state index contributed by atoms with van der Waals surface area (Å²) >= 11 is 0. The number of benzene rings is 3. The molecule has 6 heteroatoms. The van der Waals surface area contributed by atoms with Crippen molar-refractivity contribution in [1.29, 1.82) is 0 Å². The Kier molecular flexibility index (Phi) is 6.87. The van der Waals surface area contributed by atoms with Crippen LogP contribution in [-0.4, -0.2) is 11.9 Å². The molecule has 0 radical (unpaired) electrons. The molecule has 4 nitrogen and oxygen atoms in total. The zero-order chi connectivity index (χ0) is 24.3. The van der Waals surface area contributed by atoms with E-state index in [9.17, 15) is 18.4 Å². The summed E-state index contributed by atoms with van der Waals surface area (Å²) in [5.41, 5.74) is 3.39. The van der Waals surface area contributed by atoms with E-state index < -0.39 is 23.6 Å². The maximum Gasteiger partial charge on any atom is 0.338 e. The van der Waals surface area contributed by atoms with Gasteiger partial charge in [0.05, 0.1) is 0 Å². The topological polar surface area (TPSA) is 52.6 Å². The van der Waals surface area contributed by atoms with E-state index in [1.807, 2.05) is 6.92 Å². The Bertz CT molecular complexity index is 1290. The van der Waals surface area contributed by atoms with Crippen molar-refractivity contribution in [3.8, 4) is 33.8 Å². The quantitative estimate of drug-likeness (QED) is 0.243. The number of esters is 2. The molecule has 0 aliphatic carbocycles. The van der Waals surface area contributed by atoms with Gasteiger partial charge < -0.3 is 9.47 Å². The number of carbonyl (C=O) groups is 2. The molecule has 0 N–H and O–H groups in total. The van der Waals surface area contributed by atoms with Crippen molar-refractivity contribution in [2.75, 3.05) is 0 Å². The highest BCUT2D eigenvalue weighted by Crippen LogP contribution is 2.33. The third kappa shape index (κ3) is 5.41. The zero-order valence-electron chi connectivity index (χ0n) is 18.5. The summed E-state index contributed by atoms with van der Waals surface area (Å²) in [5, 5.41) is 0. The Labute approximate surface area is 190 Å². The molecule has 0 aliphatic rings. The molecule has 0 spiro atoms. The number of hydrogen-bond acceptors (Lipinski definition) is 4. The van der Waals surface area contributed by atoms with Crippen LogP contribution in [0.5, 0.6) is 11.5 Å². The van der Waals surface area contributed by atoms with Crippen LogP contribution in [0.2, 0.25) is 0 Å². The van der Waals surface area contributed by atoms with Crippen LogP contribution < -0.4 is 9.47 Å². The predicted octanol–water partition coefficient (Wildman–Crippen LogP) is 6.57. The third-order valence-corrected chi connectivity index (χ3v) is 4.83. The van der Waals surface area contributed by atoms with Crippen LogP contribution in [0.15, 0.2) is 78.9 Å². The van der Waals surface area contributed by atoms with E-state index in [2.05, 4.69) is 13.2 Å². The maximum absolute atomic E-state index is 14.7. The van der Waals surface area contributed by atoms with Gasteiger partial charge in [0, 0.05) is 22.8 Å². The van der Waals surface area contributed by atoms with E-state index in [0.29, 0.717) is 22.3 Å². The van der Waals surface area contributed by atoms with Crippen molar-refractivity contribution >= 4 is 11.9 Å². The largest absolute Gasteiger partial charge is 0.423 e. The first kappa shape index (κ1) is 23.6. The van der Waals surface area contributed by atoms with Crippen LogP contribution in [0.25, 0.3) is 22.3 Å². The van der Waals surface area contributed by atoms with Crippen LogP contribution in [-0.2, 0) is 9.59 Å². The smallest absolute Gasteiger partial charge is 0.338 e. The molecule has 0 heterocycles. The van der Waals surface area contributed by atoms with Crippen LogP contribution in [0, 0.1) is 18.6 Å². The van der Waals surface area contributed by atoms with Crippen molar-refractivity contribution in [3.63, 3.8) is 0 Å². The summed E-state index contributed by atoms with van der Waals surface area (Å²) in [6.45, 7) is 11.8. The van der Waals surface area contributed by atoms with Gasteiger partial charge in [-0.15, -0.1) is 0 Å². The second kappa shape index (κ2) is 9.61. The van der Waals surface area contributed by atoms with Gasteiger partial charge in [-0.05, 0) is 67.3 Å². The molecule has 0 aliphatic heterocycles. The van der Waals surface area contributed by atoms with Gasteiger partial charge in [-0.1, -0.05) is 37.4 Å². The molecule has 0 saturated carbocycles. The highest BCUT2D eigenvalue weighted by Gasteiger charge is 2.14. The fourth-order valence-electron chi connectivity index (χ4n) is 3.07. The monoisotopic (exact) mass is 448 g/mol. The minimum Gasteiger partial charge on any atom is -0.423 e. The molecule has 0 fully saturated rings. The van der Waals surface area contributed by atoms with Crippen molar-refractivity contribution < 1.29 is 27.8 Å². The van der Waals surface area contributed by atoms with Gasteiger partial charge in [0.25, 0.3) is 0 Å². The average molecular weight is 448 g/mol. The molecule has 0 aromatic heterocycles. The maximum atomic E-state index is 14.7. The van der Waals surface area contributed by atoms with Gasteiger partial charge in [0.15, 0.2) is 11.6 Å². The SMILES string of the molecule is C=C(C)C(=O)Oc1ccc(-c2ccc(-c3ccc(OC(=O)C(=C)C)c(F)c3)cc2C)c(F)c1. The number of ether oxygens (including phenoxy) is 2. The number of aryl methyl sites for hydroxylation is 1.